The molecule has 1 aromatic heterocycles. The van der Waals surface area contributed by atoms with Crippen molar-refractivity contribution in [2.75, 3.05) is 4.81 Å². The van der Waals surface area contributed by atoms with Crippen molar-refractivity contribution in [3.05, 3.63) is 89.9 Å². The van der Waals surface area contributed by atoms with Crippen molar-refractivity contribution in [3.8, 4) is 0 Å². The smallest absolute Gasteiger partial charge is 0.285 e. The second-order valence-corrected chi connectivity index (χ2v) is 6.39. The van der Waals surface area contributed by atoms with Crippen LogP contribution >= 0.6 is 0 Å². The van der Waals surface area contributed by atoms with E-state index in [4.69, 9.17) is 5.11 Å². The topological polar surface area (TPSA) is 53.4 Å². The van der Waals surface area contributed by atoms with Gasteiger partial charge in [-0.25, -0.2) is 0 Å². The van der Waals surface area contributed by atoms with Gasteiger partial charge in [0.1, 0.15) is 0 Å². The normalized spacial score (nSPS) is 12.8. The first-order valence-electron chi connectivity index (χ1n) is 8.80. The summed E-state index contributed by atoms with van der Waals surface area (Å²) in [5.74, 6) is 3.05. The summed E-state index contributed by atoms with van der Waals surface area (Å²) >= 11 is 0. The van der Waals surface area contributed by atoms with E-state index in [0.717, 1.165) is 5.82 Å². The third-order valence-corrected chi connectivity index (χ3v) is 4.03. The number of anilines is 1. The maximum Gasteiger partial charge on any atom is 0.285 e. The standard InChI is InChI=1S/C17H16BN2.C5H8O2.Ir/c1-14-8-7-9-15(2)17(14)18-11-4-6-13-20(18)16-10-3-5-12-19-16;1-4(6)3-5(2)7;/h3-12H,1-2H3;3,6H,1-2H3;/q-1;;/b;4-3-;. The number of benzene rings is 1. The van der Waals surface area contributed by atoms with Crippen LogP contribution in [-0.2, 0) is 24.9 Å². The Labute approximate surface area is 181 Å². The average molecular weight is 551 g/mol. The monoisotopic (exact) mass is 552 g/mol. The molecule has 4 nitrogen and oxygen atoms in total. The van der Waals surface area contributed by atoms with Crippen LogP contribution in [0.15, 0.2) is 72.6 Å². The van der Waals surface area contributed by atoms with Crippen LogP contribution in [0.25, 0.3) is 0 Å². The molecule has 0 fully saturated rings. The van der Waals surface area contributed by atoms with Gasteiger partial charge in [0.15, 0.2) is 5.78 Å². The molecule has 28 heavy (non-hydrogen) atoms. The number of hydrogen-bond donors (Lipinski definition) is 1. The zero-order valence-electron chi connectivity index (χ0n) is 16.5. The predicted octanol–water partition coefficient (Wildman–Crippen LogP) is 3.86. The SMILES string of the molecule is CC(=O)/C=C(/C)O.Cc1cccc(C)c1B1C=CC=[C-]N1c1ccccn1.[Ir]. The van der Waals surface area contributed by atoms with Gasteiger partial charge in [0.05, 0.1) is 5.76 Å². The Bertz CT molecular complexity index is 855. The molecule has 147 valence electrons. The molecule has 2 heterocycles. The molecule has 2 aromatic rings. The molecule has 0 saturated carbocycles. The maximum atomic E-state index is 10.0. The summed E-state index contributed by atoms with van der Waals surface area (Å²) in [5, 5.41) is 8.36. The Morgan fingerprint density at radius 3 is 2.32 bits per heavy atom. The molecule has 3 rings (SSSR count). The van der Waals surface area contributed by atoms with E-state index >= 15 is 0 Å². The van der Waals surface area contributed by atoms with Crippen LogP contribution in [0.2, 0.25) is 0 Å². The summed E-state index contributed by atoms with van der Waals surface area (Å²) < 4.78 is 0. The largest absolute Gasteiger partial charge is 0.512 e. The van der Waals surface area contributed by atoms with E-state index in [1.54, 1.807) is 0 Å². The fraction of sp³-hybridized carbons (Fsp3) is 0.182. The van der Waals surface area contributed by atoms with Crippen molar-refractivity contribution in [1.82, 2.24) is 4.98 Å². The molecular formula is C22H24BIrN2O2-. The molecule has 0 saturated heterocycles. The first-order chi connectivity index (χ1) is 12.9. The summed E-state index contributed by atoms with van der Waals surface area (Å²) in [4.78, 5) is 16.6. The summed E-state index contributed by atoms with van der Waals surface area (Å²) in [6.45, 7) is 7.31. The fourth-order valence-electron chi connectivity index (χ4n) is 2.97. The van der Waals surface area contributed by atoms with Gasteiger partial charge in [-0.05, 0) is 39.2 Å². The van der Waals surface area contributed by atoms with Crippen molar-refractivity contribution >= 4 is 23.9 Å². The van der Waals surface area contributed by atoms with Crippen molar-refractivity contribution in [1.29, 1.82) is 0 Å². The van der Waals surface area contributed by atoms with Gasteiger partial charge in [-0.3, -0.25) is 4.79 Å². The Morgan fingerprint density at radius 1 is 1.14 bits per heavy atom. The van der Waals surface area contributed by atoms with E-state index in [0.29, 0.717) is 0 Å². The van der Waals surface area contributed by atoms with Crippen molar-refractivity contribution in [3.63, 3.8) is 0 Å². The second-order valence-electron chi connectivity index (χ2n) is 6.39. The minimum absolute atomic E-state index is 0. The Morgan fingerprint density at radius 2 is 1.82 bits per heavy atom. The summed E-state index contributed by atoms with van der Waals surface area (Å²) in [7, 11) is 0. The first-order valence-corrected chi connectivity index (χ1v) is 8.80. The molecule has 0 bridgehead atoms. The fourth-order valence-corrected chi connectivity index (χ4v) is 2.97. The van der Waals surface area contributed by atoms with E-state index in [-0.39, 0.29) is 38.5 Å². The van der Waals surface area contributed by atoms with Gasteiger partial charge in [0.2, 0.25) is 0 Å². The number of carbonyl (C=O) groups is 1. The van der Waals surface area contributed by atoms with E-state index in [1.807, 2.05) is 30.5 Å². The van der Waals surface area contributed by atoms with Gasteiger partial charge in [0, 0.05) is 38.2 Å². The molecule has 0 spiro atoms. The van der Waals surface area contributed by atoms with Crippen molar-refractivity contribution < 1.29 is 30.0 Å². The minimum Gasteiger partial charge on any atom is -0.512 e. The number of hydrogen-bond acceptors (Lipinski definition) is 4. The Hall–Kier alpha value is -2.43. The van der Waals surface area contributed by atoms with Crippen LogP contribution in [0.1, 0.15) is 25.0 Å². The van der Waals surface area contributed by atoms with Gasteiger partial charge < -0.3 is 14.9 Å². The zero-order valence-corrected chi connectivity index (χ0v) is 18.9. The quantitative estimate of drug-likeness (QED) is 0.273. The van der Waals surface area contributed by atoms with E-state index in [2.05, 4.69) is 60.1 Å². The summed E-state index contributed by atoms with van der Waals surface area (Å²) in [5.41, 5.74) is 3.92. The summed E-state index contributed by atoms with van der Waals surface area (Å²) in [6, 6.07) is 12.4. The van der Waals surface area contributed by atoms with Crippen LogP contribution in [0.5, 0.6) is 0 Å². The van der Waals surface area contributed by atoms with Gasteiger partial charge >= 0.3 is 0 Å². The molecule has 0 aliphatic carbocycles. The molecule has 1 N–H and O–H groups in total. The molecule has 1 aliphatic rings. The molecule has 0 unspecified atom stereocenters. The molecule has 1 radical (unpaired) electrons. The molecule has 1 aliphatic heterocycles. The number of aryl methyl sites for hydroxylation is 2. The van der Waals surface area contributed by atoms with Gasteiger partial charge in [0.25, 0.3) is 6.85 Å². The van der Waals surface area contributed by atoms with Gasteiger partial charge in [-0.2, -0.15) is 12.2 Å². The molecular weight excluding hydrogens is 527 g/mol. The number of allylic oxidation sites excluding steroid dienone is 4. The second kappa shape index (κ2) is 11.4. The molecule has 1 aromatic carbocycles. The number of ketones is 1. The Kier molecular flexibility index (Phi) is 9.64. The number of nitrogens with zero attached hydrogens (tertiary/aromatic N) is 2. The number of aromatic nitrogens is 1. The molecule has 0 amide bonds. The average Bonchev–Trinajstić information content (AvgIpc) is 2.62. The number of pyridine rings is 1. The van der Waals surface area contributed by atoms with Crippen LogP contribution in [0, 0.1) is 20.0 Å². The number of rotatable bonds is 3. The van der Waals surface area contributed by atoms with E-state index in [9.17, 15) is 4.79 Å². The third kappa shape index (κ3) is 6.63. The van der Waals surface area contributed by atoms with Crippen LogP contribution in [-0.4, -0.2) is 22.7 Å². The maximum absolute atomic E-state index is 10.0. The summed E-state index contributed by atoms with van der Waals surface area (Å²) in [6.07, 6.45) is 10.3. The first kappa shape index (κ1) is 23.6. The van der Waals surface area contributed by atoms with E-state index in [1.165, 1.54) is 36.5 Å². The number of carbonyl (C=O) groups excluding carboxylic acids is 1. The zero-order chi connectivity index (χ0) is 19.8. The van der Waals surface area contributed by atoms with Crippen molar-refractivity contribution in [2.45, 2.75) is 27.7 Å². The van der Waals surface area contributed by atoms with Crippen LogP contribution in [0.3, 0.4) is 0 Å². The Balaban J connectivity index is 0.000000425. The minimum atomic E-state index is -0.125. The molecule has 6 heteroatoms. The van der Waals surface area contributed by atoms with Gasteiger partial charge in [-0.15, -0.1) is 12.2 Å². The third-order valence-electron chi connectivity index (χ3n) is 4.03. The van der Waals surface area contributed by atoms with E-state index < -0.39 is 0 Å². The van der Waals surface area contributed by atoms with Crippen molar-refractivity contribution in [2.24, 2.45) is 0 Å². The van der Waals surface area contributed by atoms with Crippen LogP contribution < -0.4 is 10.3 Å². The number of aliphatic hydroxyl groups excluding tert-OH is 1. The molecule has 0 atom stereocenters. The predicted molar refractivity (Wildman–Crippen MR) is 112 cm³/mol. The van der Waals surface area contributed by atoms with Crippen LogP contribution in [0.4, 0.5) is 5.82 Å². The van der Waals surface area contributed by atoms with Gasteiger partial charge in [-0.1, -0.05) is 41.5 Å². The number of aliphatic hydroxyl groups is 1.